The number of para-hydroxylation sites is 1. The predicted molar refractivity (Wildman–Crippen MR) is 122 cm³/mol. The number of esters is 1. The molecule has 1 aliphatic rings. The SMILES string of the molecule is CCOC(=O)c1cccc(N=c2oc3c(OC)cccc3cc2C(=O)NCC2CCCO2)c1. The molecule has 0 saturated carbocycles. The van der Waals surface area contributed by atoms with Gasteiger partial charge in [0.2, 0.25) is 5.55 Å². The van der Waals surface area contributed by atoms with Crippen LogP contribution in [-0.4, -0.2) is 44.8 Å². The van der Waals surface area contributed by atoms with Gasteiger partial charge in [0.05, 0.1) is 31.1 Å². The minimum atomic E-state index is -0.443. The van der Waals surface area contributed by atoms with Crippen LogP contribution in [0.2, 0.25) is 0 Å². The third-order valence-electron chi connectivity index (χ3n) is 5.31. The Balaban J connectivity index is 1.77. The first kappa shape index (κ1) is 22.5. The van der Waals surface area contributed by atoms with E-state index in [-0.39, 0.29) is 29.7 Å². The van der Waals surface area contributed by atoms with Crippen LogP contribution in [0.4, 0.5) is 5.69 Å². The molecule has 0 spiro atoms. The summed E-state index contributed by atoms with van der Waals surface area (Å²) in [5.41, 5.74) is 1.66. The van der Waals surface area contributed by atoms with Gasteiger partial charge >= 0.3 is 5.97 Å². The number of fused-ring (bicyclic) bond motifs is 1. The van der Waals surface area contributed by atoms with Gasteiger partial charge in [0.25, 0.3) is 5.91 Å². The Kier molecular flexibility index (Phi) is 7.04. The molecule has 1 fully saturated rings. The molecule has 0 bridgehead atoms. The number of rotatable bonds is 7. The Morgan fingerprint density at radius 3 is 2.79 bits per heavy atom. The molecule has 1 aliphatic heterocycles. The number of hydrogen-bond donors (Lipinski definition) is 1. The number of ether oxygens (including phenoxy) is 3. The summed E-state index contributed by atoms with van der Waals surface area (Å²) in [6.07, 6.45) is 1.91. The molecule has 1 aromatic heterocycles. The summed E-state index contributed by atoms with van der Waals surface area (Å²) in [7, 11) is 1.55. The van der Waals surface area contributed by atoms with Crippen molar-refractivity contribution in [1.82, 2.24) is 5.32 Å². The number of carbonyl (C=O) groups is 2. The molecule has 8 heteroatoms. The molecular formula is C25H26N2O6. The van der Waals surface area contributed by atoms with E-state index in [0.29, 0.717) is 41.1 Å². The quantitative estimate of drug-likeness (QED) is 0.550. The smallest absolute Gasteiger partial charge is 0.338 e. The zero-order valence-corrected chi connectivity index (χ0v) is 18.6. The van der Waals surface area contributed by atoms with Crippen molar-refractivity contribution in [2.75, 3.05) is 26.9 Å². The monoisotopic (exact) mass is 450 g/mol. The third-order valence-corrected chi connectivity index (χ3v) is 5.31. The highest BCUT2D eigenvalue weighted by Gasteiger charge is 2.19. The molecule has 0 radical (unpaired) electrons. The molecule has 2 aromatic carbocycles. The zero-order valence-electron chi connectivity index (χ0n) is 18.6. The van der Waals surface area contributed by atoms with Crippen LogP contribution in [0.25, 0.3) is 11.0 Å². The molecule has 1 atom stereocenters. The Morgan fingerprint density at radius 2 is 2.03 bits per heavy atom. The fourth-order valence-corrected chi connectivity index (χ4v) is 3.67. The van der Waals surface area contributed by atoms with Crippen LogP contribution in [0, 0.1) is 0 Å². The first-order chi connectivity index (χ1) is 16.1. The third kappa shape index (κ3) is 5.23. The van der Waals surface area contributed by atoms with E-state index in [4.69, 9.17) is 18.6 Å². The lowest BCUT2D eigenvalue weighted by Crippen LogP contribution is -2.34. The fraction of sp³-hybridized carbons (Fsp3) is 0.320. The van der Waals surface area contributed by atoms with Crippen LogP contribution >= 0.6 is 0 Å². The average molecular weight is 450 g/mol. The van der Waals surface area contributed by atoms with Crippen LogP contribution in [0.5, 0.6) is 5.75 Å². The van der Waals surface area contributed by atoms with Crippen LogP contribution in [0.15, 0.2) is 57.9 Å². The molecule has 3 aromatic rings. The summed E-state index contributed by atoms with van der Waals surface area (Å²) in [4.78, 5) is 29.7. The molecule has 1 saturated heterocycles. The molecule has 1 amide bonds. The van der Waals surface area contributed by atoms with Gasteiger partial charge in [-0.25, -0.2) is 9.79 Å². The largest absolute Gasteiger partial charge is 0.493 e. The highest BCUT2D eigenvalue weighted by molar-refractivity contribution is 5.97. The topological polar surface area (TPSA) is 99.4 Å². The molecule has 1 unspecified atom stereocenters. The van der Waals surface area contributed by atoms with Gasteiger partial charge in [0.1, 0.15) is 5.56 Å². The van der Waals surface area contributed by atoms with E-state index in [0.717, 1.165) is 12.8 Å². The Bertz CT molecular complexity index is 1230. The zero-order chi connectivity index (χ0) is 23.2. The van der Waals surface area contributed by atoms with E-state index >= 15 is 0 Å². The van der Waals surface area contributed by atoms with Crippen LogP contribution in [-0.2, 0) is 9.47 Å². The van der Waals surface area contributed by atoms with E-state index in [1.54, 1.807) is 50.4 Å². The van der Waals surface area contributed by atoms with Gasteiger partial charge in [0, 0.05) is 18.5 Å². The maximum atomic E-state index is 13.1. The Morgan fingerprint density at radius 1 is 1.18 bits per heavy atom. The van der Waals surface area contributed by atoms with E-state index in [1.807, 2.05) is 12.1 Å². The van der Waals surface area contributed by atoms with Crippen molar-refractivity contribution >= 4 is 28.5 Å². The number of methoxy groups -OCH3 is 1. The summed E-state index contributed by atoms with van der Waals surface area (Å²) >= 11 is 0. The first-order valence-corrected chi connectivity index (χ1v) is 10.9. The summed E-state index contributed by atoms with van der Waals surface area (Å²) < 4.78 is 22.1. The maximum absolute atomic E-state index is 13.1. The predicted octanol–water partition coefficient (Wildman–Crippen LogP) is 3.76. The minimum absolute atomic E-state index is 0.00749. The van der Waals surface area contributed by atoms with Gasteiger partial charge in [-0.15, -0.1) is 0 Å². The van der Waals surface area contributed by atoms with Gasteiger partial charge in [-0.05, 0) is 50.1 Å². The second-order valence-corrected chi connectivity index (χ2v) is 7.57. The number of hydrogen-bond acceptors (Lipinski definition) is 7. The molecule has 1 N–H and O–H groups in total. The van der Waals surface area contributed by atoms with Crippen molar-refractivity contribution in [3.63, 3.8) is 0 Å². The van der Waals surface area contributed by atoms with Crippen molar-refractivity contribution in [3.8, 4) is 5.75 Å². The van der Waals surface area contributed by atoms with Gasteiger partial charge in [0.15, 0.2) is 11.3 Å². The number of nitrogens with zero attached hydrogens (tertiary/aromatic N) is 1. The summed E-state index contributed by atoms with van der Waals surface area (Å²) in [6, 6.07) is 13.8. The van der Waals surface area contributed by atoms with Crippen LogP contribution in [0.1, 0.15) is 40.5 Å². The van der Waals surface area contributed by atoms with Crippen LogP contribution < -0.4 is 15.6 Å². The second kappa shape index (κ2) is 10.3. The Labute approximate surface area is 191 Å². The van der Waals surface area contributed by atoms with E-state index in [9.17, 15) is 9.59 Å². The average Bonchev–Trinajstić information content (AvgIpc) is 3.36. The number of amides is 1. The van der Waals surface area contributed by atoms with Crippen molar-refractivity contribution in [3.05, 3.63) is 65.2 Å². The highest BCUT2D eigenvalue weighted by Crippen LogP contribution is 2.25. The first-order valence-electron chi connectivity index (χ1n) is 10.9. The molecule has 4 rings (SSSR count). The molecular weight excluding hydrogens is 424 g/mol. The van der Waals surface area contributed by atoms with E-state index in [2.05, 4.69) is 10.3 Å². The maximum Gasteiger partial charge on any atom is 0.338 e. The van der Waals surface area contributed by atoms with Crippen molar-refractivity contribution in [1.29, 1.82) is 0 Å². The minimum Gasteiger partial charge on any atom is -0.493 e. The van der Waals surface area contributed by atoms with Crippen molar-refractivity contribution in [2.24, 2.45) is 4.99 Å². The summed E-state index contributed by atoms with van der Waals surface area (Å²) in [6.45, 7) is 3.14. The second-order valence-electron chi connectivity index (χ2n) is 7.57. The van der Waals surface area contributed by atoms with E-state index < -0.39 is 5.97 Å². The van der Waals surface area contributed by atoms with Crippen LogP contribution in [0.3, 0.4) is 0 Å². The highest BCUT2D eigenvalue weighted by atomic mass is 16.5. The lowest BCUT2D eigenvalue weighted by molar-refractivity contribution is 0.0526. The molecule has 172 valence electrons. The standard InChI is InChI=1S/C25H26N2O6/c1-3-31-25(29)17-8-4-9-18(13-17)27-24-20(23(28)26-15-19-10-6-12-32-19)14-16-7-5-11-21(30-2)22(16)33-24/h4-5,7-9,11,13-14,19H,3,6,10,12,15H2,1-2H3,(H,26,28). The normalized spacial score (nSPS) is 16.1. The van der Waals surface area contributed by atoms with E-state index in [1.165, 1.54) is 0 Å². The van der Waals surface area contributed by atoms with Gasteiger partial charge in [-0.2, -0.15) is 0 Å². The van der Waals surface area contributed by atoms with Gasteiger partial charge < -0.3 is 23.9 Å². The fourth-order valence-electron chi connectivity index (χ4n) is 3.67. The molecule has 33 heavy (non-hydrogen) atoms. The van der Waals surface area contributed by atoms with Crippen molar-refractivity contribution < 1.29 is 28.2 Å². The van der Waals surface area contributed by atoms with Gasteiger partial charge in [-0.3, -0.25) is 4.79 Å². The number of benzene rings is 2. The van der Waals surface area contributed by atoms with Gasteiger partial charge in [-0.1, -0.05) is 18.2 Å². The summed E-state index contributed by atoms with van der Waals surface area (Å²) in [5.74, 6) is -0.240. The molecule has 0 aliphatic carbocycles. The van der Waals surface area contributed by atoms with Crippen molar-refractivity contribution in [2.45, 2.75) is 25.9 Å². The number of nitrogens with one attached hydrogen (secondary N) is 1. The molecule has 2 heterocycles. The molecule has 8 nitrogen and oxygen atoms in total. The number of carbonyl (C=O) groups excluding carboxylic acids is 2. The summed E-state index contributed by atoms with van der Waals surface area (Å²) in [5, 5.41) is 3.62. The Hall–Kier alpha value is -3.65. The lowest BCUT2D eigenvalue weighted by atomic mass is 10.1. The lowest BCUT2D eigenvalue weighted by Gasteiger charge is -2.12.